The maximum Gasteiger partial charge on any atom is 0.309 e. The van der Waals surface area contributed by atoms with Crippen LogP contribution in [0.25, 0.3) is 0 Å². The van der Waals surface area contributed by atoms with E-state index in [0.29, 0.717) is 0 Å². The Kier molecular flexibility index (Phi) is 4.00. The van der Waals surface area contributed by atoms with Gasteiger partial charge >= 0.3 is 5.97 Å². The average molecular weight is 252 g/mol. The molecule has 7 heteroatoms. The molecule has 1 rings (SSSR count). The summed E-state index contributed by atoms with van der Waals surface area (Å²) in [6.45, 7) is 0. The first-order valence-corrected chi connectivity index (χ1v) is 4.56. The first-order valence-electron chi connectivity index (χ1n) is 4.19. The van der Waals surface area contributed by atoms with Gasteiger partial charge in [0.1, 0.15) is 0 Å². The molecule has 1 aromatic rings. The van der Waals surface area contributed by atoms with Gasteiger partial charge < -0.3 is 9.84 Å². The van der Waals surface area contributed by atoms with E-state index in [1.807, 2.05) is 0 Å². The highest BCUT2D eigenvalue weighted by atomic mass is 35.5. The van der Waals surface area contributed by atoms with Crippen LogP contribution in [0.3, 0.4) is 0 Å². The highest BCUT2D eigenvalue weighted by Gasteiger charge is 2.20. The topological polar surface area (TPSA) is 59.4 Å². The van der Waals surface area contributed by atoms with Crippen LogP contribution in [0.2, 0.25) is 5.15 Å². The number of carboxylic acid groups (broad SMARTS) is 1. The minimum atomic E-state index is -2.80. The molecular weight excluding hydrogens is 244 g/mol. The van der Waals surface area contributed by atoms with Gasteiger partial charge in [-0.25, -0.2) is 13.8 Å². The Bertz CT molecular complexity index is 412. The Morgan fingerprint density at radius 1 is 1.69 bits per heavy atom. The summed E-state index contributed by atoms with van der Waals surface area (Å²) in [6.07, 6.45) is -3.27. The number of halogens is 3. The van der Waals surface area contributed by atoms with E-state index in [0.717, 1.165) is 6.07 Å². The highest BCUT2D eigenvalue weighted by Crippen LogP contribution is 2.34. The summed E-state index contributed by atoms with van der Waals surface area (Å²) in [5, 5.41) is 8.24. The van der Waals surface area contributed by atoms with Gasteiger partial charge in [-0.15, -0.1) is 0 Å². The van der Waals surface area contributed by atoms with Gasteiger partial charge in [-0.2, -0.15) is 0 Å². The molecule has 0 saturated carbocycles. The predicted molar refractivity (Wildman–Crippen MR) is 52.1 cm³/mol. The Balaban J connectivity index is 3.22. The molecule has 0 bridgehead atoms. The van der Waals surface area contributed by atoms with Crippen LogP contribution in [0.4, 0.5) is 8.78 Å². The van der Waals surface area contributed by atoms with Crippen LogP contribution in [-0.2, 0) is 11.2 Å². The monoisotopic (exact) mass is 251 g/mol. The summed E-state index contributed by atoms with van der Waals surface area (Å²) in [5.74, 6) is -1.40. The van der Waals surface area contributed by atoms with Crippen molar-refractivity contribution < 1.29 is 23.4 Å². The van der Waals surface area contributed by atoms with Crippen molar-refractivity contribution in [1.29, 1.82) is 0 Å². The number of nitrogens with zero attached hydrogens (tertiary/aromatic N) is 1. The first kappa shape index (κ1) is 12.6. The lowest BCUT2D eigenvalue weighted by Crippen LogP contribution is -2.05. The van der Waals surface area contributed by atoms with E-state index in [-0.39, 0.29) is 16.6 Å². The molecule has 0 aromatic carbocycles. The van der Waals surface area contributed by atoms with Gasteiger partial charge in [-0.1, -0.05) is 11.6 Å². The van der Waals surface area contributed by atoms with E-state index in [1.165, 1.54) is 7.11 Å². The average Bonchev–Trinajstić information content (AvgIpc) is 2.15. The van der Waals surface area contributed by atoms with Crippen LogP contribution in [0.1, 0.15) is 17.7 Å². The quantitative estimate of drug-likeness (QED) is 0.834. The summed E-state index contributed by atoms with van der Waals surface area (Å²) in [5.41, 5.74) is -0.493. The Hall–Kier alpha value is -1.43. The van der Waals surface area contributed by atoms with Crippen molar-refractivity contribution in [3.05, 3.63) is 22.5 Å². The highest BCUT2D eigenvalue weighted by molar-refractivity contribution is 6.31. The van der Waals surface area contributed by atoms with Gasteiger partial charge in [0, 0.05) is 0 Å². The van der Waals surface area contributed by atoms with Crippen molar-refractivity contribution in [2.75, 3.05) is 7.11 Å². The number of alkyl halides is 2. The fraction of sp³-hybridized carbons (Fsp3) is 0.333. The number of hydrogen-bond donors (Lipinski definition) is 1. The van der Waals surface area contributed by atoms with Crippen molar-refractivity contribution in [3.8, 4) is 5.75 Å². The van der Waals surface area contributed by atoms with Crippen molar-refractivity contribution in [2.24, 2.45) is 0 Å². The van der Waals surface area contributed by atoms with E-state index < -0.39 is 24.4 Å². The minimum Gasteiger partial charge on any atom is -0.493 e. The number of methoxy groups -OCH3 is 1. The molecule has 0 fully saturated rings. The van der Waals surface area contributed by atoms with Crippen LogP contribution in [-0.4, -0.2) is 23.2 Å². The first-order chi connectivity index (χ1) is 7.45. The molecule has 0 radical (unpaired) electrons. The molecule has 0 saturated heterocycles. The summed E-state index contributed by atoms with van der Waals surface area (Å²) in [4.78, 5) is 14.1. The predicted octanol–water partition coefficient (Wildman–Crippen LogP) is 2.31. The third-order valence-corrected chi connectivity index (χ3v) is 2.04. The summed E-state index contributed by atoms with van der Waals surface area (Å²) >= 11 is 5.60. The second kappa shape index (κ2) is 5.07. The number of hydrogen-bond acceptors (Lipinski definition) is 3. The van der Waals surface area contributed by atoms with Gasteiger partial charge in [0.15, 0.2) is 10.9 Å². The maximum absolute atomic E-state index is 12.6. The van der Waals surface area contributed by atoms with Crippen LogP contribution >= 0.6 is 11.6 Å². The number of ether oxygens (including phenoxy) is 1. The maximum atomic E-state index is 12.6. The van der Waals surface area contributed by atoms with Crippen molar-refractivity contribution >= 4 is 17.6 Å². The molecule has 0 unspecified atom stereocenters. The standard InChI is InChI=1S/C9H8ClF2NO3/c1-16-7-5(9(11)12)2-4(3-6(14)15)13-8(7)10/h2,9H,3H2,1H3,(H,14,15). The second-order valence-corrected chi connectivity index (χ2v) is 3.26. The van der Waals surface area contributed by atoms with Gasteiger partial charge in [0.25, 0.3) is 6.43 Å². The lowest BCUT2D eigenvalue weighted by molar-refractivity contribution is -0.136. The van der Waals surface area contributed by atoms with Gasteiger partial charge in [0.2, 0.25) is 0 Å². The zero-order chi connectivity index (χ0) is 12.3. The number of rotatable bonds is 4. The van der Waals surface area contributed by atoms with Crippen LogP contribution < -0.4 is 4.74 Å². The van der Waals surface area contributed by atoms with E-state index >= 15 is 0 Å². The number of aliphatic carboxylic acids is 1. The van der Waals surface area contributed by atoms with Gasteiger partial charge in [-0.05, 0) is 6.07 Å². The van der Waals surface area contributed by atoms with Crippen LogP contribution in [0.5, 0.6) is 5.75 Å². The van der Waals surface area contributed by atoms with Crippen LogP contribution in [0.15, 0.2) is 6.07 Å². The van der Waals surface area contributed by atoms with Crippen molar-refractivity contribution in [1.82, 2.24) is 4.98 Å². The number of aromatic nitrogens is 1. The fourth-order valence-electron chi connectivity index (χ4n) is 1.18. The number of carbonyl (C=O) groups is 1. The lowest BCUT2D eigenvalue weighted by atomic mass is 10.2. The largest absolute Gasteiger partial charge is 0.493 e. The smallest absolute Gasteiger partial charge is 0.309 e. The zero-order valence-electron chi connectivity index (χ0n) is 8.21. The zero-order valence-corrected chi connectivity index (χ0v) is 8.96. The number of carboxylic acids is 1. The Labute approximate surface area is 94.8 Å². The summed E-state index contributed by atoms with van der Waals surface area (Å²) < 4.78 is 29.9. The van der Waals surface area contributed by atoms with Crippen LogP contribution in [0, 0.1) is 0 Å². The normalized spacial score (nSPS) is 10.6. The minimum absolute atomic E-state index is 0.0337. The molecule has 1 N–H and O–H groups in total. The van der Waals surface area contributed by atoms with E-state index in [1.54, 1.807) is 0 Å². The van der Waals surface area contributed by atoms with Gasteiger partial charge in [0.05, 0.1) is 24.8 Å². The van der Waals surface area contributed by atoms with E-state index in [9.17, 15) is 13.6 Å². The van der Waals surface area contributed by atoms with Gasteiger partial charge in [-0.3, -0.25) is 4.79 Å². The third-order valence-electron chi connectivity index (χ3n) is 1.79. The molecule has 0 amide bonds. The van der Waals surface area contributed by atoms with E-state index in [4.69, 9.17) is 16.7 Å². The second-order valence-electron chi connectivity index (χ2n) is 2.90. The molecular formula is C9H8ClF2NO3. The molecule has 0 spiro atoms. The SMILES string of the molecule is COc1c(C(F)F)cc(CC(=O)O)nc1Cl. The molecule has 0 aliphatic rings. The molecule has 0 atom stereocenters. The van der Waals surface area contributed by atoms with Crippen molar-refractivity contribution in [2.45, 2.75) is 12.8 Å². The molecule has 1 heterocycles. The fourth-order valence-corrected chi connectivity index (χ4v) is 1.48. The molecule has 0 aliphatic heterocycles. The summed E-state index contributed by atoms with van der Waals surface area (Å²) in [6, 6.07) is 0.976. The molecule has 1 aromatic heterocycles. The lowest BCUT2D eigenvalue weighted by Gasteiger charge is -2.10. The Morgan fingerprint density at radius 2 is 2.31 bits per heavy atom. The third kappa shape index (κ3) is 2.79. The molecule has 16 heavy (non-hydrogen) atoms. The summed E-state index contributed by atoms with van der Waals surface area (Å²) in [7, 11) is 1.19. The number of pyridine rings is 1. The molecule has 88 valence electrons. The van der Waals surface area contributed by atoms with E-state index in [2.05, 4.69) is 9.72 Å². The Morgan fingerprint density at radius 3 is 2.75 bits per heavy atom. The van der Waals surface area contributed by atoms with Crippen molar-refractivity contribution in [3.63, 3.8) is 0 Å². The molecule has 4 nitrogen and oxygen atoms in total. The molecule has 0 aliphatic carbocycles.